The van der Waals surface area contributed by atoms with Crippen LogP contribution in [0, 0.1) is 5.82 Å². The Labute approximate surface area is 112 Å². The lowest BCUT2D eigenvalue weighted by molar-refractivity contribution is 0.548. The van der Waals surface area contributed by atoms with Crippen molar-refractivity contribution in [3.63, 3.8) is 0 Å². The second kappa shape index (κ2) is 5.21. The fourth-order valence-electron chi connectivity index (χ4n) is 1.70. The highest BCUT2D eigenvalue weighted by molar-refractivity contribution is 9.10. The maximum atomic E-state index is 13.9. The van der Waals surface area contributed by atoms with Gasteiger partial charge in [0.2, 0.25) is 0 Å². The van der Waals surface area contributed by atoms with E-state index in [2.05, 4.69) is 21.2 Å². The first-order valence-corrected chi connectivity index (χ1v) is 6.14. The van der Waals surface area contributed by atoms with E-state index in [9.17, 15) is 4.39 Å². The van der Waals surface area contributed by atoms with Crippen LogP contribution in [0.2, 0.25) is 5.02 Å². The third-order valence-corrected chi connectivity index (χ3v) is 3.71. The van der Waals surface area contributed by atoms with E-state index in [0.717, 1.165) is 5.56 Å². The number of rotatable bonds is 3. The van der Waals surface area contributed by atoms with Gasteiger partial charge in [-0.05, 0) is 41.2 Å². The highest BCUT2D eigenvalue weighted by atomic mass is 79.9. The van der Waals surface area contributed by atoms with Gasteiger partial charge in [0.05, 0.1) is 23.6 Å². The van der Waals surface area contributed by atoms with E-state index in [4.69, 9.17) is 16.0 Å². The monoisotopic (exact) mass is 317 g/mol. The van der Waals surface area contributed by atoms with Gasteiger partial charge in [0.15, 0.2) is 0 Å². The molecule has 0 aliphatic rings. The third-order valence-electron chi connectivity index (χ3n) is 2.52. The highest BCUT2D eigenvalue weighted by Crippen LogP contribution is 2.31. The molecular weight excluding hydrogens is 308 g/mol. The minimum atomic E-state index is -0.318. The normalized spacial score (nSPS) is 12.7. The third kappa shape index (κ3) is 2.54. The molecule has 0 radical (unpaired) electrons. The molecular formula is C12H10BrClFNO. The van der Waals surface area contributed by atoms with Gasteiger partial charge < -0.3 is 9.73 Å². The van der Waals surface area contributed by atoms with Crippen LogP contribution in [-0.4, -0.2) is 7.05 Å². The standard InChI is InChI=1S/C12H10BrClFNO/c1-16-12(7-2-3-17-6-7)8-4-10(14)9(13)5-11(8)15/h2-6,12,16H,1H3. The van der Waals surface area contributed by atoms with Gasteiger partial charge in [-0.3, -0.25) is 0 Å². The molecule has 0 amide bonds. The molecule has 1 aromatic heterocycles. The van der Waals surface area contributed by atoms with E-state index in [1.807, 2.05) is 0 Å². The molecule has 1 aromatic carbocycles. The van der Waals surface area contributed by atoms with Crippen LogP contribution in [0.15, 0.2) is 39.6 Å². The quantitative estimate of drug-likeness (QED) is 0.860. The first-order chi connectivity index (χ1) is 8.13. The lowest BCUT2D eigenvalue weighted by Gasteiger charge is -2.16. The minimum absolute atomic E-state index is 0.278. The molecule has 0 aliphatic carbocycles. The largest absolute Gasteiger partial charge is 0.472 e. The number of nitrogens with one attached hydrogen (secondary N) is 1. The summed E-state index contributed by atoms with van der Waals surface area (Å²) in [6, 6.07) is 4.48. The average molecular weight is 319 g/mol. The molecule has 0 saturated heterocycles. The Hall–Kier alpha value is -0.840. The van der Waals surface area contributed by atoms with Gasteiger partial charge in [0.25, 0.3) is 0 Å². The van der Waals surface area contributed by atoms with E-state index in [-0.39, 0.29) is 11.9 Å². The maximum absolute atomic E-state index is 13.9. The first kappa shape index (κ1) is 12.6. The smallest absolute Gasteiger partial charge is 0.129 e. The number of hydrogen-bond acceptors (Lipinski definition) is 2. The van der Waals surface area contributed by atoms with E-state index < -0.39 is 0 Å². The van der Waals surface area contributed by atoms with Gasteiger partial charge >= 0.3 is 0 Å². The zero-order chi connectivity index (χ0) is 12.4. The van der Waals surface area contributed by atoms with Crippen LogP contribution in [0.1, 0.15) is 17.2 Å². The summed E-state index contributed by atoms with van der Waals surface area (Å²) in [6.07, 6.45) is 3.13. The van der Waals surface area contributed by atoms with Crippen LogP contribution in [-0.2, 0) is 0 Å². The van der Waals surface area contributed by atoms with Crippen molar-refractivity contribution in [1.29, 1.82) is 0 Å². The van der Waals surface area contributed by atoms with Crippen molar-refractivity contribution in [3.05, 3.63) is 57.2 Å². The fourth-order valence-corrected chi connectivity index (χ4v) is 2.19. The molecule has 2 aromatic rings. The topological polar surface area (TPSA) is 25.2 Å². The lowest BCUT2D eigenvalue weighted by atomic mass is 10.0. The number of halogens is 3. The van der Waals surface area contributed by atoms with Gasteiger partial charge in [-0.2, -0.15) is 0 Å². The zero-order valence-electron chi connectivity index (χ0n) is 9.01. The van der Waals surface area contributed by atoms with Crippen molar-refractivity contribution in [2.75, 3.05) is 7.05 Å². The van der Waals surface area contributed by atoms with Crippen LogP contribution in [0.5, 0.6) is 0 Å². The van der Waals surface area contributed by atoms with Gasteiger partial charge in [-0.15, -0.1) is 0 Å². The minimum Gasteiger partial charge on any atom is -0.472 e. The van der Waals surface area contributed by atoms with Crippen molar-refractivity contribution < 1.29 is 8.81 Å². The molecule has 0 fully saturated rings. The zero-order valence-corrected chi connectivity index (χ0v) is 11.3. The second-order valence-corrected chi connectivity index (χ2v) is 4.83. The van der Waals surface area contributed by atoms with Crippen LogP contribution in [0.3, 0.4) is 0 Å². The Bertz CT molecular complexity index is 515. The molecule has 1 atom stereocenters. The maximum Gasteiger partial charge on any atom is 0.129 e. The SMILES string of the molecule is CNC(c1ccoc1)c1cc(Cl)c(Br)cc1F. The summed E-state index contributed by atoms with van der Waals surface area (Å²) in [4.78, 5) is 0. The molecule has 0 bridgehead atoms. The van der Waals surface area contributed by atoms with Crippen molar-refractivity contribution in [1.82, 2.24) is 5.32 Å². The van der Waals surface area contributed by atoms with Crippen LogP contribution >= 0.6 is 27.5 Å². The predicted molar refractivity (Wildman–Crippen MR) is 68.7 cm³/mol. The molecule has 0 saturated carbocycles. The van der Waals surface area contributed by atoms with E-state index in [1.165, 1.54) is 6.07 Å². The first-order valence-electron chi connectivity index (χ1n) is 4.97. The summed E-state index contributed by atoms with van der Waals surface area (Å²) in [7, 11) is 1.76. The molecule has 90 valence electrons. The molecule has 1 heterocycles. The van der Waals surface area contributed by atoms with Crippen LogP contribution < -0.4 is 5.32 Å². The number of hydrogen-bond donors (Lipinski definition) is 1. The Morgan fingerprint density at radius 1 is 1.47 bits per heavy atom. The number of furan rings is 1. The predicted octanol–water partition coefficient (Wildman–Crippen LogP) is 4.14. The lowest BCUT2D eigenvalue weighted by Crippen LogP contribution is -2.18. The van der Waals surface area contributed by atoms with Crippen molar-refractivity contribution in [3.8, 4) is 0 Å². The summed E-state index contributed by atoms with van der Waals surface area (Å²) in [5, 5.41) is 3.51. The molecule has 5 heteroatoms. The van der Waals surface area contributed by atoms with E-state index >= 15 is 0 Å². The van der Waals surface area contributed by atoms with Crippen LogP contribution in [0.25, 0.3) is 0 Å². The average Bonchev–Trinajstić information content (AvgIpc) is 2.80. The molecule has 1 unspecified atom stereocenters. The molecule has 0 aliphatic heterocycles. The summed E-state index contributed by atoms with van der Waals surface area (Å²) in [6.45, 7) is 0. The Morgan fingerprint density at radius 3 is 2.82 bits per heavy atom. The molecule has 17 heavy (non-hydrogen) atoms. The van der Waals surface area contributed by atoms with Crippen LogP contribution in [0.4, 0.5) is 4.39 Å². The molecule has 2 nitrogen and oxygen atoms in total. The van der Waals surface area contributed by atoms with Crippen molar-refractivity contribution in [2.45, 2.75) is 6.04 Å². The second-order valence-electron chi connectivity index (χ2n) is 3.57. The fraction of sp³-hybridized carbons (Fsp3) is 0.167. The summed E-state index contributed by atoms with van der Waals surface area (Å²) in [5.74, 6) is -0.318. The van der Waals surface area contributed by atoms with Gasteiger partial charge in [0.1, 0.15) is 5.82 Å². The van der Waals surface area contributed by atoms with Gasteiger partial charge in [0, 0.05) is 15.6 Å². The van der Waals surface area contributed by atoms with Gasteiger partial charge in [-0.1, -0.05) is 11.6 Å². The summed E-state index contributed by atoms with van der Waals surface area (Å²) in [5.41, 5.74) is 1.34. The number of benzene rings is 1. The molecule has 0 spiro atoms. The Balaban J connectivity index is 2.48. The highest BCUT2D eigenvalue weighted by Gasteiger charge is 2.18. The summed E-state index contributed by atoms with van der Waals surface area (Å²) >= 11 is 9.17. The van der Waals surface area contributed by atoms with Crippen molar-refractivity contribution in [2.24, 2.45) is 0 Å². The Morgan fingerprint density at radius 2 is 2.24 bits per heavy atom. The summed E-state index contributed by atoms with van der Waals surface area (Å²) < 4.78 is 19.5. The van der Waals surface area contributed by atoms with Gasteiger partial charge in [-0.25, -0.2) is 4.39 Å². The van der Waals surface area contributed by atoms with E-state index in [0.29, 0.717) is 15.1 Å². The van der Waals surface area contributed by atoms with E-state index in [1.54, 1.807) is 31.7 Å². The Kier molecular flexibility index (Phi) is 3.86. The molecule has 1 N–H and O–H groups in total. The molecule has 2 rings (SSSR count). The van der Waals surface area contributed by atoms with Crippen molar-refractivity contribution >= 4 is 27.5 Å².